The maximum atomic E-state index is 13.5. The number of likely N-dealkylation sites (tertiary alicyclic amines) is 1. The van der Waals surface area contributed by atoms with Gasteiger partial charge in [0.2, 0.25) is 0 Å². The van der Waals surface area contributed by atoms with Gasteiger partial charge in [-0.15, -0.1) is 0 Å². The number of rotatable bonds is 3. The molecule has 1 atom stereocenters. The average molecular weight is 259 g/mol. The molecule has 1 unspecified atom stereocenters. The average Bonchev–Trinajstić information content (AvgIpc) is 2.36. The van der Waals surface area contributed by atoms with E-state index in [9.17, 15) is 13.2 Å². The quantitative estimate of drug-likeness (QED) is 0.842. The van der Waals surface area contributed by atoms with Gasteiger partial charge in [0.25, 0.3) is 0 Å². The number of benzene rings is 1. The largest absolute Gasteiger partial charge is 0.396 e. The van der Waals surface area contributed by atoms with Crippen molar-refractivity contribution in [3.63, 3.8) is 0 Å². The van der Waals surface area contributed by atoms with E-state index in [0.717, 1.165) is 25.5 Å². The molecule has 100 valence electrons. The Bertz CT molecular complexity index is 425. The summed E-state index contributed by atoms with van der Waals surface area (Å²) >= 11 is 0. The van der Waals surface area contributed by atoms with Gasteiger partial charge in [0.15, 0.2) is 11.6 Å². The molecular weight excluding hydrogens is 243 g/mol. The molecule has 0 saturated carbocycles. The molecule has 1 aromatic carbocycles. The van der Waals surface area contributed by atoms with Crippen molar-refractivity contribution in [1.82, 2.24) is 4.90 Å². The molecule has 0 amide bonds. The predicted octanol–water partition coefficient (Wildman–Crippen LogP) is 2.31. The standard InChI is InChI=1S/C13H16F3NO/c14-11-5-13(16)12(15)4-10(11)7-17-3-1-2-9(6-17)8-18/h4-5,9,18H,1-3,6-8H2. The Hall–Kier alpha value is -1.07. The number of hydrogen-bond acceptors (Lipinski definition) is 2. The molecular formula is C13H16F3NO. The maximum absolute atomic E-state index is 13.5. The summed E-state index contributed by atoms with van der Waals surface area (Å²) in [6.45, 7) is 1.81. The van der Waals surface area contributed by atoms with E-state index in [-0.39, 0.29) is 24.6 Å². The van der Waals surface area contributed by atoms with Crippen LogP contribution in [0, 0.1) is 23.4 Å². The lowest BCUT2D eigenvalue weighted by atomic mass is 9.98. The molecule has 1 N–H and O–H groups in total. The first-order valence-corrected chi connectivity index (χ1v) is 6.06. The molecule has 1 fully saturated rings. The molecule has 1 aromatic rings. The molecule has 1 saturated heterocycles. The minimum atomic E-state index is -1.16. The smallest absolute Gasteiger partial charge is 0.161 e. The number of hydrogen-bond donors (Lipinski definition) is 1. The van der Waals surface area contributed by atoms with Crippen LogP contribution in [0.4, 0.5) is 13.2 Å². The van der Waals surface area contributed by atoms with Crippen LogP contribution in [0.25, 0.3) is 0 Å². The molecule has 5 heteroatoms. The summed E-state index contributed by atoms with van der Waals surface area (Å²) in [6, 6.07) is 1.49. The van der Waals surface area contributed by atoms with Crippen molar-refractivity contribution in [3.05, 3.63) is 35.1 Å². The third-order valence-corrected chi connectivity index (χ3v) is 3.34. The summed E-state index contributed by atoms with van der Waals surface area (Å²) in [5, 5.41) is 9.10. The van der Waals surface area contributed by atoms with E-state index in [4.69, 9.17) is 5.11 Å². The fraction of sp³-hybridized carbons (Fsp3) is 0.538. The van der Waals surface area contributed by atoms with Crippen LogP contribution >= 0.6 is 0 Å². The van der Waals surface area contributed by atoms with Crippen molar-refractivity contribution in [2.75, 3.05) is 19.7 Å². The van der Waals surface area contributed by atoms with Gasteiger partial charge in [0.05, 0.1) is 0 Å². The Morgan fingerprint density at radius 2 is 1.89 bits per heavy atom. The van der Waals surface area contributed by atoms with Gasteiger partial charge in [-0.05, 0) is 31.4 Å². The highest BCUT2D eigenvalue weighted by Crippen LogP contribution is 2.20. The first-order valence-electron chi connectivity index (χ1n) is 6.06. The monoisotopic (exact) mass is 259 g/mol. The molecule has 1 aliphatic rings. The molecule has 18 heavy (non-hydrogen) atoms. The van der Waals surface area contributed by atoms with Gasteiger partial charge < -0.3 is 5.11 Å². The summed E-state index contributed by atoms with van der Waals surface area (Å²) < 4.78 is 39.3. The molecule has 0 spiro atoms. The highest BCUT2D eigenvalue weighted by atomic mass is 19.2. The van der Waals surface area contributed by atoms with Crippen LogP contribution in [0.2, 0.25) is 0 Å². The van der Waals surface area contributed by atoms with Gasteiger partial charge in [0.1, 0.15) is 5.82 Å². The van der Waals surface area contributed by atoms with Gasteiger partial charge in [-0.25, -0.2) is 13.2 Å². The summed E-state index contributed by atoms with van der Waals surface area (Å²) in [5.41, 5.74) is 0.160. The van der Waals surface area contributed by atoms with E-state index in [0.29, 0.717) is 12.6 Å². The second kappa shape index (κ2) is 5.71. The summed E-state index contributed by atoms with van der Waals surface area (Å²) in [6.07, 6.45) is 1.88. The van der Waals surface area contributed by atoms with Gasteiger partial charge >= 0.3 is 0 Å². The normalized spacial score (nSPS) is 21.2. The lowest BCUT2D eigenvalue weighted by Crippen LogP contribution is -2.36. The number of piperidine rings is 1. The molecule has 2 nitrogen and oxygen atoms in total. The van der Waals surface area contributed by atoms with Crippen LogP contribution in [0.15, 0.2) is 12.1 Å². The zero-order valence-corrected chi connectivity index (χ0v) is 10.0. The second-order valence-electron chi connectivity index (χ2n) is 4.78. The van der Waals surface area contributed by atoms with Crippen molar-refractivity contribution >= 4 is 0 Å². The third-order valence-electron chi connectivity index (χ3n) is 3.34. The summed E-state index contributed by atoms with van der Waals surface area (Å²) in [4.78, 5) is 1.96. The Kier molecular flexibility index (Phi) is 4.24. The van der Waals surface area contributed by atoms with Crippen LogP contribution in [0.3, 0.4) is 0 Å². The Morgan fingerprint density at radius 1 is 1.17 bits per heavy atom. The Labute approximate surface area is 104 Å². The first kappa shape index (κ1) is 13.4. The third kappa shape index (κ3) is 3.03. The lowest BCUT2D eigenvalue weighted by Gasteiger charge is -2.31. The Balaban J connectivity index is 2.07. The molecule has 0 radical (unpaired) electrons. The number of aliphatic hydroxyl groups is 1. The topological polar surface area (TPSA) is 23.5 Å². The van der Waals surface area contributed by atoms with Crippen LogP contribution in [0.1, 0.15) is 18.4 Å². The van der Waals surface area contributed by atoms with Gasteiger partial charge in [-0.1, -0.05) is 0 Å². The fourth-order valence-electron chi connectivity index (χ4n) is 2.37. The molecule has 0 aromatic heterocycles. The van der Waals surface area contributed by atoms with Crippen molar-refractivity contribution in [3.8, 4) is 0 Å². The zero-order valence-electron chi connectivity index (χ0n) is 10.0. The summed E-state index contributed by atoms with van der Waals surface area (Å²) in [7, 11) is 0. The predicted molar refractivity (Wildman–Crippen MR) is 61.4 cm³/mol. The fourth-order valence-corrected chi connectivity index (χ4v) is 2.37. The van der Waals surface area contributed by atoms with E-state index in [1.54, 1.807) is 0 Å². The highest BCUT2D eigenvalue weighted by molar-refractivity contribution is 5.20. The van der Waals surface area contributed by atoms with Crippen LogP contribution < -0.4 is 0 Å². The van der Waals surface area contributed by atoms with Crippen molar-refractivity contribution < 1.29 is 18.3 Å². The first-order chi connectivity index (χ1) is 8.60. The van der Waals surface area contributed by atoms with Gasteiger partial charge in [-0.2, -0.15) is 0 Å². The van der Waals surface area contributed by atoms with Crippen molar-refractivity contribution in [2.45, 2.75) is 19.4 Å². The molecule has 2 rings (SSSR count). The van der Waals surface area contributed by atoms with Crippen LogP contribution in [-0.4, -0.2) is 29.7 Å². The SMILES string of the molecule is OCC1CCCN(Cc2cc(F)c(F)cc2F)C1. The lowest BCUT2D eigenvalue weighted by molar-refractivity contribution is 0.115. The van der Waals surface area contributed by atoms with Crippen LogP contribution in [-0.2, 0) is 6.54 Å². The number of halogens is 3. The van der Waals surface area contributed by atoms with Crippen molar-refractivity contribution in [1.29, 1.82) is 0 Å². The maximum Gasteiger partial charge on any atom is 0.161 e. The Morgan fingerprint density at radius 3 is 2.61 bits per heavy atom. The highest BCUT2D eigenvalue weighted by Gasteiger charge is 2.20. The number of nitrogens with zero attached hydrogens (tertiary/aromatic N) is 1. The molecule has 0 aliphatic carbocycles. The summed E-state index contributed by atoms with van der Waals surface area (Å²) in [5.74, 6) is -2.72. The number of aliphatic hydroxyl groups excluding tert-OH is 1. The minimum Gasteiger partial charge on any atom is -0.396 e. The molecule has 0 bridgehead atoms. The van der Waals surface area contributed by atoms with E-state index in [1.165, 1.54) is 0 Å². The van der Waals surface area contributed by atoms with E-state index < -0.39 is 17.5 Å². The van der Waals surface area contributed by atoms with Gasteiger partial charge in [-0.3, -0.25) is 4.90 Å². The van der Waals surface area contributed by atoms with E-state index >= 15 is 0 Å². The molecule has 1 aliphatic heterocycles. The second-order valence-corrected chi connectivity index (χ2v) is 4.78. The van der Waals surface area contributed by atoms with E-state index in [1.807, 2.05) is 4.90 Å². The van der Waals surface area contributed by atoms with Crippen molar-refractivity contribution in [2.24, 2.45) is 5.92 Å². The minimum absolute atomic E-state index is 0.108. The van der Waals surface area contributed by atoms with E-state index in [2.05, 4.69) is 0 Å². The zero-order chi connectivity index (χ0) is 13.1. The van der Waals surface area contributed by atoms with Gasteiger partial charge in [0, 0.05) is 31.3 Å². The van der Waals surface area contributed by atoms with Crippen LogP contribution in [0.5, 0.6) is 0 Å². The molecule has 1 heterocycles.